The van der Waals surface area contributed by atoms with Crippen LogP contribution >= 0.6 is 12.4 Å². The lowest BCUT2D eigenvalue weighted by Gasteiger charge is -2.10. The van der Waals surface area contributed by atoms with Gasteiger partial charge in [-0.25, -0.2) is 12.7 Å². The molecule has 1 aromatic heterocycles. The summed E-state index contributed by atoms with van der Waals surface area (Å²) in [5, 5.41) is 6.98. The summed E-state index contributed by atoms with van der Waals surface area (Å²) in [5.74, 6) is 0.253. The fraction of sp³-hybridized carbons (Fsp3) is 0.400. The van der Waals surface area contributed by atoms with E-state index in [0.29, 0.717) is 17.8 Å². The first kappa shape index (κ1) is 19.4. The van der Waals surface area contributed by atoms with Gasteiger partial charge in [-0.05, 0) is 39.1 Å². The van der Waals surface area contributed by atoms with Crippen LogP contribution in [-0.2, 0) is 16.4 Å². The molecule has 1 aliphatic rings. The molecule has 3 rings (SSSR count). The molecule has 1 N–H and O–H groups in total. The number of benzene rings is 1. The number of aromatic nitrogens is 2. The molecule has 25 heavy (non-hydrogen) atoms. The van der Waals surface area contributed by atoms with E-state index < -0.39 is 15.9 Å². The minimum Gasteiger partial charge on any atom is -0.334 e. The number of carbonyl (C=O) groups is 1. The van der Waals surface area contributed by atoms with Crippen molar-refractivity contribution in [1.29, 1.82) is 0 Å². The molecule has 0 saturated carbocycles. The summed E-state index contributed by atoms with van der Waals surface area (Å²) in [5.41, 5.74) is 0.642. The molecular formula is C15H19ClN4O4S. The number of likely N-dealkylation sites (N-methyl/N-ethyl adjacent to an activating group) is 1. The number of nitrogens with one attached hydrogen (secondary N) is 1. The van der Waals surface area contributed by atoms with Crippen molar-refractivity contribution >= 4 is 28.3 Å². The van der Waals surface area contributed by atoms with Gasteiger partial charge in [0, 0.05) is 24.6 Å². The van der Waals surface area contributed by atoms with Crippen molar-refractivity contribution in [2.24, 2.45) is 0 Å². The third-order valence-electron chi connectivity index (χ3n) is 3.99. The van der Waals surface area contributed by atoms with Crippen LogP contribution in [0.5, 0.6) is 0 Å². The molecule has 2 aromatic rings. The highest BCUT2D eigenvalue weighted by molar-refractivity contribution is 7.90. The lowest BCUT2D eigenvalue weighted by atomic mass is 10.1. The van der Waals surface area contributed by atoms with E-state index in [0.717, 1.165) is 4.31 Å². The Kier molecular flexibility index (Phi) is 5.50. The van der Waals surface area contributed by atoms with Gasteiger partial charge in [0.25, 0.3) is 21.8 Å². The minimum atomic E-state index is -3.81. The first-order valence-corrected chi connectivity index (χ1v) is 9.03. The Balaban J connectivity index is 0.00000225. The number of amides is 1. The van der Waals surface area contributed by atoms with Crippen LogP contribution in [0.3, 0.4) is 0 Å². The van der Waals surface area contributed by atoms with Gasteiger partial charge >= 0.3 is 0 Å². The van der Waals surface area contributed by atoms with E-state index in [4.69, 9.17) is 4.52 Å². The molecular weight excluding hydrogens is 368 g/mol. The van der Waals surface area contributed by atoms with Gasteiger partial charge in [0.05, 0.1) is 5.56 Å². The number of fused-ring (bicyclic) bond motifs is 1. The number of halogens is 1. The number of hydrogen-bond acceptors (Lipinski definition) is 7. The van der Waals surface area contributed by atoms with Crippen molar-refractivity contribution in [2.45, 2.75) is 31.2 Å². The quantitative estimate of drug-likeness (QED) is 0.829. The predicted molar refractivity (Wildman–Crippen MR) is 93.1 cm³/mol. The van der Waals surface area contributed by atoms with Crippen LogP contribution in [-0.4, -0.2) is 48.4 Å². The number of nitrogens with zero attached hydrogens (tertiary/aromatic N) is 3. The first-order valence-electron chi connectivity index (χ1n) is 7.59. The molecule has 1 unspecified atom stereocenters. The molecule has 0 saturated heterocycles. The van der Waals surface area contributed by atoms with E-state index in [1.807, 2.05) is 14.0 Å². The zero-order valence-corrected chi connectivity index (χ0v) is 15.6. The second-order valence-corrected chi connectivity index (χ2v) is 7.43. The van der Waals surface area contributed by atoms with E-state index in [-0.39, 0.29) is 41.3 Å². The van der Waals surface area contributed by atoms with Crippen molar-refractivity contribution in [3.63, 3.8) is 0 Å². The summed E-state index contributed by atoms with van der Waals surface area (Å²) in [6, 6.07) is 4.70. The molecule has 2 heterocycles. The molecule has 0 aliphatic carbocycles. The monoisotopic (exact) mass is 386 g/mol. The third kappa shape index (κ3) is 3.26. The van der Waals surface area contributed by atoms with E-state index in [9.17, 15) is 13.2 Å². The van der Waals surface area contributed by atoms with Gasteiger partial charge in [-0.3, -0.25) is 4.79 Å². The van der Waals surface area contributed by atoms with Crippen molar-refractivity contribution < 1.29 is 17.7 Å². The number of sulfonamides is 1. The second-order valence-electron chi connectivity index (χ2n) is 5.60. The number of hydrogen-bond donors (Lipinski definition) is 1. The van der Waals surface area contributed by atoms with Gasteiger partial charge in [0.1, 0.15) is 4.90 Å². The van der Waals surface area contributed by atoms with E-state index in [2.05, 4.69) is 15.5 Å². The fourth-order valence-corrected chi connectivity index (χ4v) is 4.15. The average molecular weight is 387 g/mol. The SMILES string of the molecule is CCN1C(=O)c2ccc(-c3nc(CC(C)NC)no3)cc2S1(=O)=O.Cl. The number of carbonyl (C=O) groups excluding carboxylic acids is 1. The number of rotatable bonds is 5. The first-order chi connectivity index (χ1) is 11.4. The van der Waals surface area contributed by atoms with Crippen LogP contribution < -0.4 is 5.32 Å². The van der Waals surface area contributed by atoms with Gasteiger partial charge in [-0.15, -0.1) is 12.4 Å². The van der Waals surface area contributed by atoms with E-state index in [1.165, 1.54) is 12.1 Å². The predicted octanol–water partition coefficient (Wildman–Crippen LogP) is 1.47. The fourth-order valence-electron chi connectivity index (χ4n) is 2.55. The summed E-state index contributed by atoms with van der Waals surface area (Å²) in [4.78, 5) is 16.4. The highest BCUT2D eigenvalue weighted by atomic mass is 35.5. The Morgan fingerprint density at radius 3 is 2.72 bits per heavy atom. The molecule has 1 amide bonds. The van der Waals surface area contributed by atoms with Gasteiger partial charge < -0.3 is 9.84 Å². The van der Waals surface area contributed by atoms with Crippen LogP contribution in [0.1, 0.15) is 30.0 Å². The van der Waals surface area contributed by atoms with E-state index in [1.54, 1.807) is 13.0 Å². The summed E-state index contributed by atoms with van der Waals surface area (Å²) >= 11 is 0. The molecule has 1 aliphatic heterocycles. The molecule has 1 atom stereocenters. The Morgan fingerprint density at radius 2 is 2.08 bits per heavy atom. The molecule has 0 spiro atoms. The maximum atomic E-state index is 12.4. The molecule has 10 heteroatoms. The van der Waals surface area contributed by atoms with Crippen molar-refractivity contribution in [3.05, 3.63) is 29.6 Å². The van der Waals surface area contributed by atoms with Gasteiger partial charge in [-0.2, -0.15) is 4.98 Å². The summed E-state index contributed by atoms with van der Waals surface area (Å²) in [6.45, 7) is 3.70. The van der Waals surface area contributed by atoms with Gasteiger partial charge in [0.15, 0.2) is 5.82 Å². The standard InChI is InChI=1S/C15H18N4O4S.ClH/c1-4-19-15(20)11-6-5-10(8-12(11)24(19,21)22)14-17-13(18-23-14)7-9(2)16-3;/h5-6,8-9,16H,4,7H2,1-3H3;1H. The topological polar surface area (TPSA) is 105 Å². The Labute approximate surface area is 152 Å². The summed E-state index contributed by atoms with van der Waals surface area (Å²) in [6.07, 6.45) is 0.589. The lowest BCUT2D eigenvalue weighted by Crippen LogP contribution is -2.29. The van der Waals surface area contributed by atoms with Crippen molar-refractivity contribution in [2.75, 3.05) is 13.6 Å². The van der Waals surface area contributed by atoms with Crippen LogP contribution in [0.25, 0.3) is 11.5 Å². The molecule has 136 valence electrons. The van der Waals surface area contributed by atoms with Crippen LogP contribution in [0.15, 0.2) is 27.6 Å². The molecule has 8 nitrogen and oxygen atoms in total. The maximum absolute atomic E-state index is 12.4. The normalized spacial score (nSPS) is 16.4. The molecule has 1 aromatic carbocycles. The van der Waals surface area contributed by atoms with Crippen LogP contribution in [0, 0.1) is 0 Å². The zero-order valence-electron chi connectivity index (χ0n) is 14.0. The highest BCUT2D eigenvalue weighted by Gasteiger charge is 2.40. The van der Waals surface area contributed by atoms with Crippen LogP contribution in [0.4, 0.5) is 0 Å². The average Bonchev–Trinajstić information content (AvgIpc) is 3.09. The third-order valence-corrected chi connectivity index (χ3v) is 5.89. The van der Waals surface area contributed by atoms with Crippen molar-refractivity contribution in [1.82, 2.24) is 19.8 Å². The Morgan fingerprint density at radius 1 is 1.36 bits per heavy atom. The lowest BCUT2D eigenvalue weighted by molar-refractivity contribution is 0.0876. The van der Waals surface area contributed by atoms with Crippen LogP contribution in [0.2, 0.25) is 0 Å². The largest absolute Gasteiger partial charge is 0.334 e. The van der Waals surface area contributed by atoms with Crippen molar-refractivity contribution in [3.8, 4) is 11.5 Å². The van der Waals surface area contributed by atoms with E-state index >= 15 is 0 Å². The highest BCUT2D eigenvalue weighted by Crippen LogP contribution is 2.33. The molecule has 0 bridgehead atoms. The minimum absolute atomic E-state index is 0. The molecule has 0 fully saturated rings. The summed E-state index contributed by atoms with van der Waals surface area (Å²) < 4.78 is 30.9. The zero-order chi connectivity index (χ0) is 17.5. The smallest absolute Gasteiger partial charge is 0.268 e. The maximum Gasteiger partial charge on any atom is 0.268 e. The van der Waals surface area contributed by atoms with Gasteiger partial charge in [0.2, 0.25) is 0 Å². The Hall–Kier alpha value is -1.97. The second kappa shape index (κ2) is 7.11. The Bertz CT molecular complexity index is 897. The van der Waals surface area contributed by atoms with Gasteiger partial charge in [-0.1, -0.05) is 5.16 Å². The summed E-state index contributed by atoms with van der Waals surface area (Å²) in [7, 11) is -1.97. The molecule has 0 radical (unpaired) electrons.